The molecule has 92 valence electrons. The molecule has 0 bridgehead atoms. The van der Waals surface area contributed by atoms with Crippen molar-refractivity contribution >= 4 is 5.91 Å². The maximum absolute atomic E-state index is 12.1. The van der Waals surface area contributed by atoms with E-state index in [0.29, 0.717) is 11.8 Å². The van der Waals surface area contributed by atoms with E-state index >= 15 is 0 Å². The van der Waals surface area contributed by atoms with E-state index in [0.717, 1.165) is 45.2 Å². The number of piperidine rings is 1. The molecule has 2 rings (SSSR count). The zero-order valence-corrected chi connectivity index (χ0v) is 9.77. The summed E-state index contributed by atoms with van der Waals surface area (Å²) in [6.45, 7) is 1.89. The molecular formula is C12H22N2O2. The molecule has 16 heavy (non-hydrogen) atoms. The van der Waals surface area contributed by atoms with Gasteiger partial charge in [0.15, 0.2) is 0 Å². The Morgan fingerprint density at radius 2 is 1.94 bits per heavy atom. The van der Waals surface area contributed by atoms with Crippen molar-refractivity contribution in [3.05, 3.63) is 0 Å². The van der Waals surface area contributed by atoms with Gasteiger partial charge in [-0.15, -0.1) is 0 Å². The van der Waals surface area contributed by atoms with Crippen LogP contribution in [-0.4, -0.2) is 41.7 Å². The molecule has 2 atom stereocenters. The zero-order valence-electron chi connectivity index (χ0n) is 9.77. The van der Waals surface area contributed by atoms with Gasteiger partial charge in [0.25, 0.3) is 0 Å². The minimum Gasteiger partial charge on any atom is -0.396 e. The summed E-state index contributed by atoms with van der Waals surface area (Å²) in [5.74, 6) is 0.861. The van der Waals surface area contributed by atoms with Gasteiger partial charge in [-0.3, -0.25) is 4.79 Å². The first-order chi connectivity index (χ1) is 7.70. The average Bonchev–Trinajstić information content (AvgIpc) is 2.75. The lowest BCUT2D eigenvalue weighted by atomic mass is 9.96. The summed E-state index contributed by atoms with van der Waals surface area (Å²) in [6.07, 6.45) is 4.70. The van der Waals surface area contributed by atoms with Crippen molar-refractivity contribution in [3.8, 4) is 0 Å². The number of hydrogen-bond donors (Lipinski definition) is 2. The van der Waals surface area contributed by atoms with Crippen LogP contribution in [0.1, 0.15) is 32.1 Å². The molecule has 1 heterocycles. The SMILES string of the molecule is NC1CCC(C(=O)N2CCC(CO)CC2)C1. The molecular weight excluding hydrogens is 204 g/mol. The molecule has 0 aromatic rings. The molecule has 1 saturated heterocycles. The van der Waals surface area contributed by atoms with Crippen LogP contribution in [0.15, 0.2) is 0 Å². The maximum Gasteiger partial charge on any atom is 0.225 e. The van der Waals surface area contributed by atoms with Gasteiger partial charge in [-0.05, 0) is 38.0 Å². The summed E-state index contributed by atoms with van der Waals surface area (Å²) in [5, 5.41) is 9.04. The predicted molar refractivity (Wildman–Crippen MR) is 61.7 cm³/mol. The van der Waals surface area contributed by atoms with Gasteiger partial charge >= 0.3 is 0 Å². The van der Waals surface area contributed by atoms with Crippen molar-refractivity contribution in [2.24, 2.45) is 17.6 Å². The fourth-order valence-electron chi connectivity index (χ4n) is 2.83. The Kier molecular flexibility index (Phi) is 3.82. The van der Waals surface area contributed by atoms with Crippen LogP contribution >= 0.6 is 0 Å². The predicted octanol–water partition coefficient (Wildman–Crippen LogP) is 0.345. The van der Waals surface area contributed by atoms with Crippen LogP contribution in [0.2, 0.25) is 0 Å². The number of carbonyl (C=O) groups is 1. The van der Waals surface area contributed by atoms with E-state index in [4.69, 9.17) is 10.8 Å². The van der Waals surface area contributed by atoms with Gasteiger partial charge in [0, 0.05) is 31.7 Å². The molecule has 0 aromatic carbocycles. The Balaban J connectivity index is 1.82. The first-order valence-electron chi connectivity index (χ1n) is 6.36. The number of nitrogens with two attached hydrogens (primary N) is 1. The van der Waals surface area contributed by atoms with Crippen LogP contribution in [0.3, 0.4) is 0 Å². The molecule has 3 N–H and O–H groups in total. The largest absolute Gasteiger partial charge is 0.396 e. The average molecular weight is 226 g/mol. The number of hydrogen-bond acceptors (Lipinski definition) is 3. The van der Waals surface area contributed by atoms with Crippen LogP contribution < -0.4 is 5.73 Å². The number of amides is 1. The van der Waals surface area contributed by atoms with Crippen molar-refractivity contribution in [1.29, 1.82) is 0 Å². The van der Waals surface area contributed by atoms with Gasteiger partial charge in [-0.2, -0.15) is 0 Å². The molecule has 0 spiro atoms. The lowest BCUT2D eigenvalue weighted by Crippen LogP contribution is -2.42. The third-order valence-electron chi connectivity index (χ3n) is 4.01. The molecule has 1 aliphatic carbocycles. The van der Waals surface area contributed by atoms with Crippen molar-refractivity contribution < 1.29 is 9.90 Å². The summed E-state index contributed by atoms with van der Waals surface area (Å²) >= 11 is 0. The number of nitrogens with zero attached hydrogens (tertiary/aromatic N) is 1. The fraction of sp³-hybridized carbons (Fsp3) is 0.917. The molecule has 1 amide bonds. The van der Waals surface area contributed by atoms with Gasteiger partial charge in [-0.25, -0.2) is 0 Å². The van der Waals surface area contributed by atoms with E-state index in [1.807, 2.05) is 4.90 Å². The van der Waals surface area contributed by atoms with Crippen LogP contribution in [0.25, 0.3) is 0 Å². The second kappa shape index (κ2) is 5.15. The second-order valence-electron chi connectivity index (χ2n) is 5.22. The summed E-state index contributed by atoms with van der Waals surface area (Å²) in [5.41, 5.74) is 5.83. The number of aliphatic hydroxyl groups is 1. The lowest BCUT2D eigenvalue weighted by Gasteiger charge is -2.32. The summed E-state index contributed by atoms with van der Waals surface area (Å²) < 4.78 is 0. The number of likely N-dealkylation sites (tertiary alicyclic amines) is 1. The van der Waals surface area contributed by atoms with Crippen LogP contribution in [0.4, 0.5) is 0 Å². The van der Waals surface area contributed by atoms with E-state index in [2.05, 4.69) is 0 Å². The van der Waals surface area contributed by atoms with Crippen LogP contribution in [-0.2, 0) is 4.79 Å². The Bertz CT molecular complexity index is 249. The Morgan fingerprint density at radius 1 is 1.25 bits per heavy atom. The summed E-state index contributed by atoms with van der Waals surface area (Å²) in [4.78, 5) is 14.1. The third-order valence-corrected chi connectivity index (χ3v) is 4.01. The molecule has 0 radical (unpaired) electrons. The second-order valence-corrected chi connectivity index (χ2v) is 5.22. The highest BCUT2D eigenvalue weighted by atomic mass is 16.3. The number of aliphatic hydroxyl groups excluding tert-OH is 1. The van der Waals surface area contributed by atoms with Gasteiger partial charge in [0.2, 0.25) is 5.91 Å². The Labute approximate surface area is 96.8 Å². The smallest absolute Gasteiger partial charge is 0.225 e. The van der Waals surface area contributed by atoms with Crippen LogP contribution in [0, 0.1) is 11.8 Å². The third kappa shape index (κ3) is 2.55. The number of carbonyl (C=O) groups excluding carboxylic acids is 1. The molecule has 1 saturated carbocycles. The Hall–Kier alpha value is -0.610. The first kappa shape index (κ1) is 11.9. The Morgan fingerprint density at radius 3 is 2.44 bits per heavy atom. The van der Waals surface area contributed by atoms with Crippen LogP contribution in [0.5, 0.6) is 0 Å². The minimum absolute atomic E-state index is 0.167. The highest BCUT2D eigenvalue weighted by Crippen LogP contribution is 2.27. The maximum atomic E-state index is 12.1. The fourth-order valence-corrected chi connectivity index (χ4v) is 2.83. The minimum atomic E-state index is 0.167. The van der Waals surface area contributed by atoms with E-state index in [-0.39, 0.29) is 18.6 Å². The van der Waals surface area contributed by atoms with Crippen molar-refractivity contribution in [2.45, 2.75) is 38.1 Å². The van der Waals surface area contributed by atoms with E-state index < -0.39 is 0 Å². The topological polar surface area (TPSA) is 66.6 Å². The van der Waals surface area contributed by atoms with Gasteiger partial charge in [0.05, 0.1) is 0 Å². The normalized spacial score (nSPS) is 32.0. The molecule has 0 aromatic heterocycles. The van der Waals surface area contributed by atoms with E-state index in [1.54, 1.807) is 0 Å². The quantitative estimate of drug-likeness (QED) is 0.714. The summed E-state index contributed by atoms with van der Waals surface area (Å²) in [7, 11) is 0. The molecule has 2 aliphatic rings. The van der Waals surface area contributed by atoms with Crippen molar-refractivity contribution in [3.63, 3.8) is 0 Å². The molecule has 4 heteroatoms. The highest BCUT2D eigenvalue weighted by molar-refractivity contribution is 5.79. The molecule has 4 nitrogen and oxygen atoms in total. The van der Waals surface area contributed by atoms with E-state index in [9.17, 15) is 4.79 Å². The molecule has 1 aliphatic heterocycles. The standard InChI is InChI=1S/C12H22N2O2/c13-11-2-1-10(7-11)12(16)14-5-3-9(8-15)4-6-14/h9-11,15H,1-8,13H2. The zero-order chi connectivity index (χ0) is 11.5. The number of rotatable bonds is 2. The van der Waals surface area contributed by atoms with Crippen molar-refractivity contribution in [1.82, 2.24) is 4.90 Å². The van der Waals surface area contributed by atoms with Crippen molar-refractivity contribution in [2.75, 3.05) is 19.7 Å². The first-order valence-corrected chi connectivity index (χ1v) is 6.36. The molecule has 2 unspecified atom stereocenters. The van der Waals surface area contributed by atoms with E-state index in [1.165, 1.54) is 0 Å². The van der Waals surface area contributed by atoms with Gasteiger partial charge in [-0.1, -0.05) is 0 Å². The molecule has 2 fully saturated rings. The van der Waals surface area contributed by atoms with Gasteiger partial charge < -0.3 is 15.7 Å². The lowest BCUT2D eigenvalue weighted by molar-refractivity contribution is -0.137. The summed E-state index contributed by atoms with van der Waals surface area (Å²) in [6, 6.07) is 0.226. The van der Waals surface area contributed by atoms with Gasteiger partial charge in [0.1, 0.15) is 0 Å². The highest BCUT2D eigenvalue weighted by Gasteiger charge is 2.32. The monoisotopic (exact) mass is 226 g/mol.